The Hall–Kier alpha value is -3.40. The van der Waals surface area contributed by atoms with Gasteiger partial charge >= 0.3 is 0 Å². The van der Waals surface area contributed by atoms with Gasteiger partial charge in [0.05, 0.1) is 11.8 Å². The number of fused-ring (bicyclic) bond motifs is 1. The van der Waals surface area contributed by atoms with E-state index in [-0.39, 0.29) is 12.5 Å². The molecule has 0 saturated carbocycles. The molecule has 0 aliphatic heterocycles. The Kier molecular flexibility index (Phi) is 3.66. The first-order valence-electron chi connectivity index (χ1n) is 6.48. The van der Waals surface area contributed by atoms with Gasteiger partial charge in [0, 0.05) is 12.3 Å². The molecule has 7 nitrogen and oxygen atoms in total. The highest BCUT2D eigenvalue weighted by Gasteiger charge is 2.09. The number of hydrogen-bond donors (Lipinski definition) is 1. The van der Waals surface area contributed by atoms with Crippen LogP contribution in [0.2, 0.25) is 0 Å². The van der Waals surface area contributed by atoms with Crippen LogP contribution in [-0.2, 0) is 4.79 Å². The minimum Gasteiger partial charge on any atom is -0.482 e. The van der Waals surface area contributed by atoms with Gasteiger partial charge in [-0.2, -0.15) is 14.9 Å². The molecule has 1 amide bonds. The maximum Gasteiger partial charge on any atom is 0.263 e. The molecule has 1 aromatic carbocycles. The van der Waals surface area contributed by atoms with Crippen LogP contribution in [0.3, 0.4) is 0 Å². The first-order valence-corrected chi connectivity index (χ1v) is 6.48. The molecule has 0 aliphatic rings. The molecule has 0 spiro atoms. The van der Waals surface area contributed by atoms with Crippen molar-refractivity contribution in [2.75, 3.05) is 11.9 Å². The van der Waals surface area contributed by atoms with E-state index in [4.69, 9.17) is 10.00 Å². The molecule has 0 bridgehead atoms. The third kappa shape index (κ3) is 2.71. The van der Waals surface area contributed by atoms with Crippen molar-refractivity contribution >= 4 is 17.4 Å². The fraction of sp³-hybridized carbons (Fsp3) is 0.0667. The van der Waals surface area contributed by atoms with E-state index >= 15 is 0 Å². The van der Waals surface area contributed by atoms with Gasteiger partial charge in [0.15, 0.2) is 12.3 Å². The van der Waals surface area contributed by atoms with E-state index in [9.17, 15) is 4.79 Å². The summed E-state index contributed by atoms with van der Waals surface area (Å²) in [7, 11) is 0. The van der Waals surface area contributed by atoms with Crippen LogP contribution in [0.5, 0.6) is 5.75 Å². The molecule has 0 aliphatic carbocycles. The normalized spacial score (nSPS) is 10.1. The predicted molar refractivity (Wildman–Crippen MR) is 78.3 cm³/mol. The summed E-state index contributed by atoms with van der Waals surface area (Å²) in [6, 6.07) is 12.1. The van der Waals surface area contributed by atoms with E-state index in [0.29, 0.717) is 22.8 Å². The van der Waals surface area contributed by atoms with Gasteiger partial charge in [-0.1, -0.05) is 12.1 Å². The largest absolute Gasteiger partial charge is 0.482 e. The van der Waals surface area contributed by atoms with Crippen LogP contribution >= 0.6 is 0 Å². The molecule has 0 unspecified atom stereocenters. The van der Waals surface area contributed by atoms with Gasteiger partial charge in [0.2, 0.25) is 0 Å². The lowest BCUT2D eigenvalue weighted by Gasteiger charge is -2.09. The highest BCUT2D eigenvalue weighted by Crippen LogP contribution is 2.16. The van der Waals surface area contributed by atoms with Crippen LogP contribution < -0.4 is 10.1 Å². The number of aromatic nitrogens is 3. The molecule has 2 heterocycles. The van der Waals surface area contributed by atoms with Gasteiger partial charge in [-0.25, -0.2) is 4.98 Å². The van der Waals surface area contributed by atoms with Gasteiger partial charge in [0.25, 0.3) is 5.91 Å². The molecule has 3 rings (SSSR count). The molecule has 22 heavy (non-hydrogen) atoms. The predicted octanol–water partition coefficient (Wildman–Crippen LogP) is 1.62. The number of nitriles is 1. The van der Waals surface area contributed by atoms with Gasteiger partial charge in [-0.05, 0) is 18.2 Å². The number of benzene rings is 1. The van der Waals surface area contributed by atoms with Crippen LogP contribution in [0.4, 0.5) is 5.82 Å². The van der Waals surface area contributed by atoms with Crippen LogP contribution in [-0.4, -0.2) is 27.1 Å². The van der Waals surface area contributed by atoms with Crippen molar-refractivity contribution in [2.45, 2.75) is 0 Å². The van der Waals surface area contributed by atoms with Crippen LogP contribution in [0.15, 0.2) is 48.8 Å². The topological polar surface area (TPSA) is 92.3 Å². The summed E-state index contributed by atoms with van der Waals surface area (Å²) in [4.78, 5) is 16.1. The molecule has 2 aromatic heterocycles. The van der Waals surface area contributed by atoms with Crippen LogP contribution in [0.25, 0.3) is 5.65 Å². The highest BCUT2D eigenvalue weighted by atomic mass is 16.5. The van der Waals surface area contributed by atoms with E-state index in [0.717, 1.165) is 0 Å². The van der Waals surface area contributed by atoms with Crippen molar-refractivity contribution in [1.29, 1.82) is 5.26 Å². The maximum atomic E-state index is 12.0. The van der Waals surface area contributed by atoms with Crippen molar-refractivity contribution < 1.29 is 9.53 Å². The van der Waals surface area contributed by atoms with Crippen molar-refractivity contribution in [1.82, 2.24) is 14.6 Å². The van der Waals surface area contributed by atoms with Crippen LogP contribution in [0.1, 0.15) is 5.56 Å². The zero-order valence-corrected chi connectivity index (χ0v) is 11.4. The Morgan fingerprint density at radius 3 is 3.00 bits per heavy atom. The van der Waals surface area contributed by atoms with Gasteiger partial charge in [0.1, 0.15) is 17.6 Å². The van der Waals surface area contributed by atoms with E-state index in [2.05, 4.69) is 15.4 Å². The summed E-state index contributed by atoms with van der Waals surface area (Å²) < 4.78 is 6.89. The number of rotatable bonds is 4. The van der Waals surface area contributed by atoms with Crippen molar-refractivity contribution in [3.8, 4) is 11.8 Å². The lowest BCUT2D eigenvalue weighted by molar-refractivity contribution is -0.118. The average Bonchev–Trinajstić information content (AvgIpc) is 3.03. The molecule has 0 fully saturated rings. The summed E-state index contributed by atoms with van der Waals surface area (Å²) in [6.07, 6.45) is 3.18. The third-order valence-electron chi connectivity index (χ3n) is 2.92. The van der Waals surface area contributed by atoms with Crippen molar-refractivity contribution in [3.63, 3.8) is 0 Å². The fourth-order valence-electron chi connectivity index (χ4n) is 1.94. The molecule has 108 valence electrons. The van der Waals surface area contributed by atoms with E-state index in [1.54, 1.807) is 48.8 Å². The summed E-state index contributed by atoms with van der Waals surface area (Å²) in [5.74, 6) is 0.520. The SMILES string of the molecule is N#Cc1ccccc1OCC(=O)Nc1ccnc2ccnn12. The molecule has 0 atom stereocenters. The number of nitrogens with zero attached hydrogens (tertiary/aromatic N) is 4. The van der Waals surface area contributed by atoms with Gasteiger partial charge < -0.3 is 10.1 Å². The third-order valence-corrected chi connectivity index (χ3v) is 2.92. The number of ether oxygens (including phenoxy) is 1. The molecule has 1 N–H and O–H groups in total. The Labute approximate surface area is 125 Å². The average molecular weight is 293 g/mol. The smallest absolute Gasteiger partial charge is 0.263 e. The summed E-state index contributed by atoms with van der Waals surface area (Å²) >= 11 is 0. The Morgan fingerprint density at radius 2 is 2.14 bits per heavy atom. The van der Waals surface area contributed by atoms with E-state index in [1.165, 1.54) is 4.52 Å². The first kappa shape index (κ1) is 13.6. The molecule has 7 heteroatoms. The quantitative estimate of drug-likeness (QED) is 0.789. The molecule has 0 saturated heterocycles. The molecule has 3 aromatic rings. The second-order valence-electron chi connectivity index (χ2n) is 4.38. The number of hydrogen-bond acceptors (Lipinski definition) is 5. The number of amides is 1. The summed E-state index contributed by atoms with van der Waals surface area (Å²) in [5.41, 5.74) is 1.02. The Morgan fingerprint density at radius 1 is 1.27 bits per heavy atom. The minimum atomic E-state index is -0.351. The van der Waals surface area contributed by atoms with E-state index in [1.807, 2.05) is 6.07 Å². The Bertz CT molecular complexity index is 865. The van der Waals surface area contributed by atoms with E-state index < -0.39 is 0 Å². The molecular formula is C15H11N5O2. The number of anilines is 1. The Balaban J connectivity index is 1.68. The number of carbonyl (C=O) groups is 1. The highest BCUT2D eigenvalue weighted by molar-refractivity contribution is 5.91. The molecular weight excluding hydrogens is 282 g/mol. The lowest BCUT2D eigenvalue weighted by atomic mass is 10.2. The van der Waals surface area contributed by atoms with Crippen molar-refractivity contribution in [2.24, 2.45) is 0 Å². The minimum absolute atomic E-state index is 0.205. The maximum absolute atomic E-state index is 12.0. The van der Waals surface area contributed by atoms with Crippen LogP contribution in [0, 0.1) is 11.3 Å². The second kappa shape index (κ2) is 5.93. The van der Waals surface area contributed by atoms with Crippen molar-refractivity contribution in [3.05, 3.63) is 54.4 Å². The fourth-order valence-corrected chi connectivity index (χ4v) is 1.94. The number of nitrogens with one attached hydrogen (secondary N) is 1. The van der Waals surface area contributed by atoms with Gasteiger partial charge in [-0.3, -0.25) is 4.79 Å². The zero-order valence-electron chi connectivity index (χ0n) is 11.4. The number of carbonyl (C=O) groups excluding carboxylic acids is 1. The summed E-state index contributed by atoms with van der Waals surface area (Å²) in [5, 5.41) is 15.7. The van der Waals surface area contributed by atoms with Gasteiger partial charge in [-0.15, -0.1) is 0 Å². The first-order chi connectivity index (χ1) is 10.8. The number of para-hydroxylation sites is 1. The monoisotopic (exact) mass is 293 g/mol. The zero-order chi connectivity index (χ0) is 15.4. The molecule has 0 radical (unpaired) electrons. The second-order valence-corrected chi connectivity index (χ2v) is 4.38. The summed E-state index contributed by atoms with van der Waals surface area (Å²) in [6.45, 7) is -0.205. The lowest BCUT2D eigenvalue weighted by Crippen LogP contribution is -2.22. The standard InChI is InChI=1S/C15H11N5O2/c16-9-11-3-1-2-4-12(11)22-10-15(21)19-14-5-7-17-13-6-8-18-20(13)14/h1-8H,10H2,(H,19,21).